The molecule has 0 spiro atoms. The van der Waals surface area contributed by atoms with Crippen LogP contribution in [-0.4, -0.2) is 22.0 Å². The number of carbonyl (C=O) groups is 1. The Kier molecular flexibility index (Phi) is 5.82. The van der Waals surface area contributed by atoms with E-state index in [9.17, 15) is 9.90 Å². The highest BCUT2D eigenvalue weighted by Gasteiger charge is 2.36. The second-order valence-corrected chi connectivity index (χ2v) is 7.84. The van der Waals surface area contributed by atoms with Crippen molar-refractivity contribution in [3.8, 4) is 0 Å². The van der Waals surface area contributed by atoms with E-state index in [1.54, 1.807) is 11.4 Å². The van der Waals surface area contributed by atoms with Crippen molar-refractivity contribution in [1.82, 2.24) is 0 Å². The molecule has 6 heteroatoms. The Morgan fingerprint density at radius 3 is 1.65 bits per heavy atom. The van der Waals surface area contributed by atoms with Crippen molar-refractivity contribution in [3.63, 3.8) is 0 Å². The van der Waals surface area contributed by atoms with E-state index in [4.69, 9.17) is 5.21 Å². The topological polar surface area (TPSA) is 81.9 Å². The summed E-state index contributed by atoms with van der Waals surface area (Å²) in [5.74, 6) is -1.28. The molecule has 5 nitrogen and oxygen atoms in total. The third kappa shape index (κ3) is 3.93. The third-order valence-corrected chi connectivity index (χ3v) is 5.95. The quantitative estimate of drug-likeness (QED) is 0.159. The molecule has 0 aliphatic rings. The zero-order chi connectivity index (χ0) is 21.7. The Bertz CT molecular complexity index is 1090. The monoisotopic (exact) mass is 428 g/mol. The molecule has 0 bridgehead atoms. The zero-order valence-electron chi connectivity index (χ0n) is 16.5. The molecule has 0 saturated carbocycles. The van der Waals surface area contributed by atoms with E-state index in [-0.39, 0.29) is 0 Å². The van der Waals surface area contributed by atoms with Crippen LogP contribution in [0.25, 0.3) is 0 Å². The summed E-state index contributed by atoms with van der Waals surface area (Å²) in [5, 5.41) is 27.4. The molecule has 4 rings (SSSR count). The highest BCUT2D eigenvalue weighted by Crippen LogP contribution is 2.41. The molecule has 1 aromatic heterocycles. The summed E-state index contributed by atoms with van der Waals surface area (Å²) in [6.45, 7) is 0. The van der Waals surface area contributed by atoms with Crippen molar-refractivity contribution in [1.29, 1.82) is 0 Å². The van der Waals surface area contributed by atoms with E-state index in [0.717, 1.165) is 21.7 Å². The lowest BCUT2D eigenvalue weighted by molar-refractivity contribution is -0.129. The third-order valence-electron chi connectivity index (χ3n) is 5.11. The average Bonchev–Trinajstić information content (AvgIpc) is 3.27. The van der Waals surface area contributed by atoms with E-state index in [1.807, 2.05) is 54.6 Å². The molecule has 0 saturated heterocycles. The van der Waals surface area contributed by atoms with Gasteiger partial charge in [0.25, 0.3) is 0 Å². The second kappa shape index (κ2) is 8.85. The summed E-state index contributed by atoms with van der Waals surface area (Å²) in [5.41, 5.74) is 2.34. The summed E-state index contributed by atoms with van der Waals surface area (Å²) in [6.07, 6.45) is 0. The number of aliphatic carboxylic acids is 1. The fourth-order valence-corrected chi connectivity index (χ4v) is 4.56. The molecule has 154 valence electrons. The maximum atomic E-state index is 11.4. The molecule has 31 heavy (non-hydrogen) atoms. The van der Waals surface area contributed by atoms with Crippen molar-refractivity contribution in [3.05, 3.63) is 125 Å². The second-order valence-electron chi connectivity index (χ2n) is 6.93. The van der Waals surface area contributed by atoms with Crippen LogP contribution in [0.2, 0.25) is 0 Å². The lowest BCUT2D eigenvalue weighted by Crippen LogP contribution is -2.37. The number of nitrogens with one attached hydrogen (secondary N) is 1. The maximum absolute atomic E-state index is 11.4. The number of hydrogen-bond acceptors (Lipinski definition) is 5. The minimum absolute atomic E-state index is 0.339. The standard InChI is InChI=1S/C25H20N2O3S/c28-24(29)23(27-30)18-16-22(31-17-18)26-25(19-10-4-1-5-11-19,20-12-6-2-7-13-20)21-14-8-3-9-15-21/h1-17,26,30H,(H,28,29)/b27-23-. The molecule has 3 N–H and O–H groups in total. The van der Waals surface area contributed by atoms with Crippen LogP contribution in [0.5, 0.6) is 0 Å². The summed E-state index contributed by atoms with van der Waals surface area (Å²) >= 11 is 1.36. The highest BCUT2D eigenvalue weighted by molar-refractivity contribution is 7.14. The largest absolute Gasteiger partial charge is 0.476 e. The van der Waals surface area contributed by atoms with Crippen molar-refractivity contribution in [2.75, 3.05) is 5.32 Å². The van der Waals surface area contributed by atoms with Gasteiger partial charge in [0.1, 0.15) is 5.54 Å². The van der Waals surface area contributed by atoms with Crippen LogP contribution in [0, 0.1) is 0 Å². The van der Waals surface area contributed by atoms with Crippen LogP contribution < -0.4 is 5.32 Å². The van der Waals surface area contributed by atoms with Gasteiger partial charge in [0, 0.05) is 10.9 Å². The molecule has 0 aliphatic heterocycles. The molecule has 3 aromatic carbocycles. The number of carboxylic acids is 1. The van der Waals surface area contributed by atoms with Crippen molar-refractivity contribution < 1.29 is 15.1 Å². The molecule has 0 fully saturated rings. The highest BCUT2D eigenvalue weighted by atomic mass is 32.1. The van der Waals surface area contributed by atoms with Gasteiger partial charge in [0.15, 0.2) is 5.71 Å². The van der Waals surface area contributed by atoms with Gasteiger partial charge >= 0.3 is 5.97 Å². The van der Waals surface area contributed by atoms with E-state index >= 15 is 0 Å². The van der Waals surface area contributed by atoms with Gasteiger partial charge in [-0.2, -0.15) is 0 Å². The van der Waals surface area contributed by atoms with Gasteiger partial charge in [-0.25, -0.2) is 4.79 Å². The predicted molar refractivity (Wildman–Crippen MR) is 123 cm³/mol. The van der Waals surface area contributed by atoms with Gasteiger partial charge in [-0.3, -0.25) is 0 Å². The fourth-order valence-electron chi connectivity index (χ4n) is 3.72. The zero-order valence-corrected chi connectivity index (χ0v) is 17.3. The number of hydrogen-bond donors (Lipinski definition) is 3. The normalized spacial score (nSPS) is 11.8. The summed E-state index contributed by atoms with van der Waals surface area (Å²) in [6, 6.07) is 32.0. The van der Waals surface area contributed by atoms with Crippen LogP contribution in [0.1, 0.15) is 22.3 Å². The van der Waals surface area contributed by atoms with Crippen molar-refractivity contribution in [2.24, 2.45) is 5.16 Å². The van der Waals surface area contributed by atoms with Crippen LogP contribution >= 0.6 is 11.3 Å². The number of anilines is 1. The molecule has 0 aliphatic carbocycles. The Morgan fingerprint density at radius 1 is 0.806 bits per heavy atom. The molecule has 0 atom stereocenters. The smallest absolute Gasteiger partial charge is 0.358 e. The Labute approximate surface area is 183 Å². The van der Waals surface area contributed by atoms with Gasteiger partial charge < -0.3 is 15.6 Å². The number of carboxylic acid groups (broad SMARTS) is 1. The van der Waals surface area contributed by atoms with E-state index < -0.39 is 17.2 Å². The Morgan fingerprint density at radius 2 is 1.26 bits per heavy atom. The maximum Gasteiger partial charge on any atom is 0.358 e. The van der Waals surface area contributed by atoms with Crippen LogP contribution in [0.4, 0.5) is 5.00 Å². The van der Waals surface area contributed by atoms with E-state index in [2.05, 4.69) is 46.9 Å². The minimum Gasteiger partial charge on any atom is -0.476 e. The first-order chi connectivity index (χ1) is 15.1. The molecule has 0 amide bonds. The fraction of sp³-hybridized carbons (Fsp3) is 0.0400. The summed E-state index contributed by atoms with van der Waals surface area (Å²) in [7, 11) is 0. The van der Waals surface area contributed by atoms with Crippen LogP contribution in [-0.2, 0) is 10.3 Å². The molecule has 4 aromatic rings. The summed E-state index contributed by atoms with van der Waals surface area (Å²) < 4.78 is 0. The average molecular weight is 429 g/mol. The molecular formula is C25H20N2O3S. The molecular weight excluding hydrogens is 408 g/mol. The first kappa shape index (κ1) is 20.4. The number of oxime groups is 1. The number of thiophene rings is 1. The van der Waals surface area contributed by atoms with Crippen molar-refractivity contribution >= 4 is 28.0 Å². The molecule has 0 unspecified atom stereocenters. The number of rotatable bonds is 7. The first-order valence-corrected chi connectivity index (χ1v) is 10.5. The summed E-state index contributed by atoms with van der Waals surface area (Å²) in [4.78, 5) is 11.4. The SMILES string of the molecule is O=C(O)/C(=N\O)c1csc(NC(c2ccccc2)(c2ccccc2)c2ccccc2)c1. The van der Waals surface area contributed by atoms with Gasteiger partial charge in [-0.05, 0) is 22.8 Å². The van der Waals surface area contributed by atoms with Crippen LogP contribution in [0.3, 0.4) is 0 Å². The number of nitrogens with zero attached hydrogens (tertiary/aromatic N) is 1. The predicted octanol–water partition coefficient (Wildman–Crippen LogP) is 5.42. The van der Waals surface area contributed by atoms with Gasteiger partial charge in [0.05, 0.1) is 5.00 Å². The van der Waals surface area contributed by atoms with Gasteiger partial charge in [-0.1, -0.05) is 96.2 Å². The minimum atomic E-state index is -1.28. The van der Waals surface area contributed by atoms with E-state index in [0.29, 0.717) is 5.56 Å². The Balaban J connectivity index is 1.91. The lowest BCUT2D eigenvalue weighted by Gasteiger charge is -2.37. The first-order valence-electron chi connectivity index (χ1n) is 9.64. The van der Waals surface area contributed by atoms with Gasteiger partial charge in [-0.15, -0.1) is 11.3 Å². The molecule has 0 radical (unpaired) electrons. The van der Waals surface area contributed by atoms with E-state index in [1.165, 1.54) is 11.3 Å². The van der Waals surface area contributed by atoms with Crippen molar-refractivity contribution in [2.45, 2.75) is 5.54 Å². The number of benzene rings is 3. The van der Waals surface area contributed by atoms with Gasteiger partial charge in [0.2, 0.25) is 0 Å². The lowest BCUT2D eigenvalue weighted by atomic mass is 9.77. The molecule has 1 heterocycles. The Hall–Kier alpha value is -3.90. The van der Waals surface area contributed by atoms with Crippen LogP contribution in [0.15, 0.2) is 108 Å².